The van der Waals surface area contributed by atoms with Gasteiger partial charge in [0.2, 0.25) is 17.7 Å². The molecule has 9 rings (SSSR count). The molecular weight excluding hydrogens is 750 g/mol. The van der Waals surface area contributed by atoms with E-state index in [1.807, 2.05) is 37.2 Å². The zero-order valence-electron chi connectivity index (χ0n) is 31.6. The molecule has 4 atom stereocenters. The van der Waals surface area contributed by atoms with Gasteiger partial charge in [0.15, 0.2) is 11.4 Å². The van der Waals surface area contributed by atoms with Crippen LogP contribution in [0.3, 0.4) is 0 Å². The maximum Gasteiger partial charge on any atom is 0.254 e. The van der Waals surface area contributed by atoms with Crippen LogP contribution in [0.5, 0.6) is 11.5 Å². The average Bonchev–Trinajstić information content (AvgIpc) is 3.99. The summed E-state index contributed by atoms with van der Waals surface area (Å²) in [6.45, 7) is 6.12. The van der Waals surface area contributed by atoms with E-state index in [0.29, 0.717) is 96.5 Å². The fourth-order valence-electron chi connectivity index (χ4n) is 8.62. The molecule has 2 N–H and O–H groups in total. The molecule has 16 heteroatoms. The largest absolute Gasteiger partial charge is 0.453 e. The lowest BCUT2D eigenvalue weighted by Gasteiger charge is -2.33. The van der Waals surface area contributed by atoms with E-state index < -0.39 is 0 Å². The molecule has 0 spiro atoms. The molecule has 7 heterocycles. The number of ether oxygens (including phenoxy) is 2. The van der Waals surface area contributed by atoms with E-state index >= 15 is 0 Å². The van der Waals surface area contributed by atoms with Gasteiger partial charge >= 0.3 is 0 Å². The number of rotatable bonds is 8. The van der Waals surface area contributed by atoms with Crippen LogP contribution in [0.2, 0.25) is 5.02 Å². The number of imidazole rings is 1. The number of likely N-dealkylation sites (tertiary alicyclic amines) is 1. The third-order valence-electron chi connectivity index (χ3n) is 11.6. The first-order valence-electron chi connectivity index (χ1n) is 19.3. The topological polar surface area (TPSA) is 168 Å². The monoisotopic (exact) mass is 791 g/mol. The molecule has 4 saturated heterocycles. The molecule has 57 heavy (non-hydrogen) atoms. The number of hydrogen-bond donors (Lipinski definition) is 2. The first kappa shape index (κ1) is 36.8. The van der Waals surface area contributed by atoms with Gasteiger partial charge in [0.05, 0.1) is 42.5 Å². The smallest absolute Gasteiger partial charge is 0.254 e. The van der Waals surface area contributed by atoms with Crippen LogP contribution in [0.25, 0.3) is 22.6 Å². The highest BCUT2D eigenvalue weighted by molar-refractivity contribution is 6.32. The highest BCUT2D eigenvalue weighted by atomic mass is 35.5. The summed E-state index contributed by atoms with van der Waals surface area (Å²) in [5.74, 6) is 1.37. The van der Waals surface area contributed by atoms with Crippen molar-refractivity contribution in [3.05, 3.63) is 82.8 Å². The van der Waals surface area contributed by atoms with Crippen molar-refractivity contribution in [1.29, 1.82) is 0 Å². The molecule has 4 aliphatic rings. The minimum Gasteiger partial charge on any atom is -0.453 e. The van der Waals surface area contributed by atoms with Crippen molar-refractivity contribution in [2.75, 3.05) is 50.8 Å². The molecule has 294 valence electrons. The Labute approximate surface area is 333 Å². The fourth-order valence-corrected chi connectivity index (χ4v) is 8.81. The van der Waals surface area contributed by atoms with Crippen LogP contribution in [0, 0.1) is 18.8 Å². The van der Waals surface area contributed by atoms with E-state index in [1.165, 1.54) is 6.20 Å². The SMILES string of the molecule is Cc1nn(C)cc1-c1nc2ncc(Cl)c(Oc3ccc(C(=O)N4CCOC(CC(=O)N5CC6CN(c7ccc([C@@H]8CCC(=O)NC8=O)cc7)CC6C5)C4)cc3)c2[nH]1. The Balaban J connectivity index is 0.774. The molecule has 4 aliphatic heterocycles. The van der Waals surface area contributed by atoms with Gasteiger partial charge in [0.25, 0.3) is 5.91 Å². The third kappa shape index (κ3) is 7.32. The van der Waals surface area contributed by atoms with Crippen LogP contribution in [-0.4, -0.2) is 110 Å². The summed E-state index contributed by atoms with van der Waals surface area (Å²) in [6, 6.07) is 15.0. The highest BCUT2D eigenvalue weighted by Gasteiger charge is 2.42. The lowest BCUT2D eigenvalue weighted by atomic mass is 9.90. The number of nitrogens with zero attached hydrogens (tertiary/aromatic N) is 7. The van der Waals surface area contributed by atoms with Crippen LogP contribution in [0.15, 0.2) is 60.9 Å². The summed E-state index contributed by atoms with van der Waals surface area (Å²) < 4.78 is 13.9. The summed E-state index contributed by atoms with van der Waals surface area (Å²) >= 11 is 6.53. The number of pyridine rings is 1. The number of halogens is 1. The number of H-pyrrole nitrogens is 1. The number of carbonyl (C=O) groups is 4. The number of morpholine rings is 1. The Morgan fingerprint density at radius 1 is 0.982 bits per heavy atom. The number of aromatic nitrogens is 5. The first-order valence-corrected chi connectivity index (χ1v) is 19.6. The number of aromatic amines is 1. The van der Waals surface area contributed by atoms with Crippen molar-refractivity contribution in [3.8, 4) is 22.9 Å². The molecule has 4 fully saturated rings. The molecule has 3 aromatic heterocycles. The Kier molecular flexibility index (Phi) is 9.65. The quantitative estimate of drug-likeness (QED) is 0.214. The van der Waals surface area contributed by atoms with E-state index in [2.05, 4.69) is 42.4 Å². The predicted octanol–water partition coefficient (Wildman–Crippen LogP) is 4.46. The van der Waals surface area contributed by atoms with Gasteiger partial charge in [0.1, 0.15) is 22.1 Å². The van der Waals surface area contributed by atoms with Crippen molar-refractivity contribution in [3.63, 3.8) is 0 Å². The van der Waals surface area contributed by atoms with Gasteiger partial charge in [-0.2, -0.15) is 5.10 Å². The van der Waals surface area contributed by atoms with E-state index in [-0.39, 0.29) is 42.1 Å². The van der Waals surface area contributed by atoms with Crippen LogP contribution in [0.4, 0.5) is 5.69 Å². The Morgan fingerprint density at radius 2 is 1.74 bits per heavy atom. The normalized spacial score (nSPS) is 22.3. The number of carbonyl (C=O) groups excluding carboxylic acids is 4. The van der Waals surface area contributed by atoms with E-state index in [9.17, 15) is 19.2 Å². The second-order valence-electron chi connectivity index (χ2n) is 15.4. The van der Waals surface area contributed by atoms with Crippen LogP contribution < -0.4 is 15.0 Å². The first-order chi connectivity index (χ1) is 27.6. The number of aryl methyl sites for hydroxylation is 2. The van der Waals surface area contributed by atoms with Gasteiger partial charge in [-0.05, 0) is 55.3 Å². The minimum atomic E-state index is -0.386. The molecule has 5 aromatic rings. The summed E-state index contributed by atoms with van der Waals surface area (Å²) in [4.78, 5) is 69.3. The minimum absolute atomic E-state index is 0.0502. The molecule has 0 bridgehead atoms. The molecule has 3 unspecified atom stereocenters. The number of benzene rings is 2. The average molecular weight is 792 g/mol. The molecule has 15 nitrogen and oxygen atoms in total. The zero-order chi connectivity index (χ0) is 39.4. The number of fused-ring (bicyclic) bond motifs is 2. The Hall–Kier alpha value is -5.80. The van der Waals surface area contributed by atoms with E-state index in [0.717, 1.165) is 35.6 Å². The number of piperidine rings is 1. The standard InChI is InChI=1S/C41H42ClN9O6/c1-23-32(22-48(2)47-23)38-45-36-37(33(42)16-43-39(36)46-38)57-29-9-5-25(6-10-29)41(55)49-13-14-56-30(21-49)15-35(53)51-19-26-17-50(18-27(26)20-51)28-7-3-24(4-8-28)31-11-12-34(52)44-40(31)54/h3-10,16,22,26-27,30-31H,11-15,17-21H2,1-2H3,(H,43,45,46)(H,44,52,54)/t26?,27?,30?,31-/m0/s1. The molecule has 4 amide bonds. The van der Waals surface area contributed by atoms with Gasteiger partial charge in [-0.1, -0.05) is 23.7 Å². The number of hydrogen-bond acceptors (Lipinski definition) is 10. The number of imide groups is 1. The van der Waals surface area contributed by atoms with Gasteiger partial charge < -0.3 is 29.2 Å². The Morgan fingerprint density at radius 3 is 2.44 bits per heavy atom. The van der Waals surface area contributed by atoms with Gasteiger partial charge in [-0.15, -0.1) is 0 Å². The van der Waals surface area contributed by atoms with E-state index in [1.54, 1.807) is 33.8 Å². The highest BCUT2D eigenvalue weighted by Crippen LogP contribution is 2.38. The summed E-state index contributed by atoms with van der Waals surface area (Å²) in [5.41, 5.74) is 5.18. The number of anilines is 1. The van der Waals surface area contributed by atoms with Gasteiger partial charge in [-0.25, -0.2) is 9.97 Å². The lowest BCUT2D eigenvalue weighted by Crippen LogP contribution is -2.47. The van der Waals surface area contributed by atoms with Crippen molar-refractivity contribution in [2.24, 2.45) is 18.9 Å². The maximum atomic E-state index is 13.6. The van der Waals surface area contributed by atoms with Crippen LogP contribution in [-0.2, 0) is 26.2 Å². The molecule has 2 aromatic carbocycles. The van der Waals surface area contributed by atoms with Gasteiger partial charge in [-0.3, -0.25) is 29.2 Å². The van der Waals surface area contributed by atoms with Crippen LogP contribution in [0.1, 0.15) is 46.8 Å². The lowest BCUT2D eigenvalue weighted by molar-refractivity contribution is -0.135. The van der Waals surface area contributed by atoms with Crippen molar-refractivity contribution in [1.82, 2.24) is 39.8 Å². The molecule has 0 aliphatic carbocycles. The maximum absolute atomic E-state index is 13.6. The predicted molar refractivity (Wildman–Crippen MR) is 210 cm³/mol. The second-order valence-corrected chi connectivity index (χ2v) is 15.8. The fraction of sp³-hybridized carbons (Fsp3) is 0.390. The molecular formula is C41H42ClN9O6. The molecule has 0 radical (unpaired) electrons. The third-order valence-corrected chi connectivity index (χ3v) is 11.9. The van der Waals surface area contributed by atoms with Crippen molar-refractivity contribution < 1.29 is 28.7 Å². The summed E-state index contributed by atoms with van der Waals surface area (Å²) in [5, 5.41) is 7.15. The van der Waals surface area contributed by atoms with E-state index in [4.69, 9.17) is 21.1 Å². The summed E-state index contributed by atoms with van der Waals surface area (Å²) in [6.07, 6.45) is 4.09. The number of nitrogens with one attached hydrogen (secondary N) is 2. The number of amides is 4. The molecule has 0 saturated carbocycles. The summed E-state index contributed by atoms with van der Waals surface area (Å²) in [7, 11) is 1.85. The van der Waals surface area contributed by atoms with Crippen molar-refractivity contribution in [2.45, 2.75) is 38.2 Å². The van der Waals surface area contributed by atoms with Crippen LogP contribution >= 0.6 is 11.6 Å². The zero-order valence-corrected chi connectivity index (χ0v) is 32.4. The van der Waals surface area contributed by atoms with Crippen molar-refractivity contribution >= 4 is 52.1 Å². The Bertz CT molecular complexity index is 2360. The van der Waals surface area contributed by atoms with Gasteiger partial charge in [0, 0.05) is 82.0 Å². The second kappa shape index (κ2) is 14.9.